The Balaban J connectivity index is 1.82. The minimum atomic E-state index is -0.291. The van der Waals surface area contributed by atoms with E-state index < -0.39 is 0 Å². The van der Waals surface area contributed by atoms with E-state index in [2.05, 4.69) is 23.5 Å². The van der Waals surface area contributed by atoms with Gasteiger partial charge >= 0.3 is 0 Å². The van der Waals surface area contributed by atoms with Crippen molar-refractivity contribution in [3.63, 3.8) is 0 Å². The molecule has 0 amide bonds. The summed E-state index contributed by atoms with van der Waals surface area (Å²) in [5.41, 5.74) is 3.07. The van der Waals surface area contributed by atoms with Crippen LogP contribution in [0.1, 0.15) is 43.4 Å². The van der Waals surface area contributed by atoms with Crippen LogP contribution in [0.3, 0.4) is 0 Å². The number of benzene rings is 2. The molecule has 0 saturated heterocycles. The van der Waals surface area contributed by atoms with Gasteiger partial charge in [0.1, 0.15) is 5.75 Å². The molecule has 3 atom stereocenters. The number of nitrogens with zero attached hydrogens (tertiary/aromatic N) is 1. The lowest BCUT2D eigenvalue weighted by Crippen LogP contribution is -2.30. The van der Waals surface area contributed by atoms with Crippen LogP contribution < -0.4 is 10.1 Å². The van der Waals surface area contributed by atoms with Crippen LogP contribution in [0.15, 0.2) is 54.6 Å². The van der Waals surface area contributed by atoms with E-state index in [1.807, 2.05) is 38.1 Å². The summed E-state index contributed by atoms with van der Waals surface area (Å²) < 4.78 is 6.00. The number of hydrogen-bond donors (Lipinski definition) is 1. The van der Waals surface area contributed by atoms with Gasteiger partial charge < -0.3 is 10.1 Å². The molecule has 134 valence electrons. The second-order valence-electron chi connectivity index (χ2n) is 7.18. The molecule has 0 saturated carbocycles. The first-order chi connectivity index (χ1) is 12.6. The number of allylic oxidation sites excluding steroid dienone is 2. The quantitative estimate of drug-likeness (QED) is 0.467. The Morgan fingerprint density at radius 1 is 1.15 bits per heavy atom. The largest absolute Gasteiger partial charge is 0.489 e. The molecule has 0 fully saturated rings. The molecule has 2 aliphatic rings. The number of ether oxygens (including phenoxy) is 1. The number of nitro groups is 1. The molecule has 26 heavy (non-hydrogen) atoms. The topological polar surface area (TPSA) is 64.4 Å². The predicted octanol–water partition coefficient (Wildman–Crippen LogP) is 5.21. The molecule has 0 bridgehead atoms. The fraction of sp³-hybridized carbons (Fsp3) is 0.333. The van der Waals surface area contributed by atoms with Gasteiger partial charge in [-0.05, 0) is 37.8 Å². The van der Waals surface area contributed by atoms with Crippen molar-refractivity contribution < 1.29 is 9.66 Å². The third kappa shape index (κ3) is 2.73. The van der Waals surface area contributed by atoms with Crippen LogP contribution in [0.4, 0.5) is 11.4 Å². The van der Waals surface area contributed by atoms with Crippen molar-refractivity contribution in [1.29, 1.82) is 0 Å². The number of nitro benzene ring substituents is 1. The van der Waals surface area contributed by atoms with E-state index in [4.69, 9.17) is 4.74 Å². The zero-order chi connectivity index (χ0) is 18.3. The highest BCUT2D eigenvalue weighted by atomic mass is 16.6. The van der Waals surface area contributed by atoms with Gasteiger partial charge in [-0.15, -0.1) is 0 Å². The Morgan fingerprint density at radius 3 is 2.69 bits per heavy atom. The first-order valence-electron chi connectivity index (χ1n) is 9.02. The van der Waals surface area contributed by atoms with Crippen LogP contribution in [0, 0.1) is 16.0 Å². The summed E-state index contributed by atoms with van der Waals surface area (Å²) >= 11 is 0. The van der Waals surface area contributed by atoms with E-state index in [0.29, 0.717) is 0 Å². The van der Waals surface area contributed by atoms with Gasteiger partial charge in [-0.25, -0.2) is 0 Å². The molecular weight excluding hydrogens is 328 g/mol. The molecule has 1 N–H and O–H groups in total. The Kier molecular flexibility index (Phi) is 4.15. The number of fused-ring (bicyclic) bond motifs is 3. The molecule has 5 heteroatoms. The minimum Gasteiger partial charge on any atom is -0.489 e. The Labute approximate surface area is 152 Å². The van der Waals surface area contributed by atoms with Crippen molar-refractivity contribution in [1.82, 2.24) is 0 Å². The second-order valence-corrected chi connectivity index (χ2v) is 7.18. The number of anilines is 1. The summed E-state index contributed by atoms with van der Waals surface area (Å²) in [5.74, 6) is 1.31. The average Bonchev–Trinajstić information content (AvgIpc) is 3.11. The number of nitrogens with one attached hydrogen (secondary N) is 1. The smallest absolute Gasteiger partial charge is 0.274 e. The molecule has 1 heterocycles. The lowest BCUT2D eigenvalue weighted by molar-refractivity contribution is -0.385. The highest BCUT2D eigenvalue weighted by Gasteiger charge is 2.41. The third-order valence-electron chi connectivity index (χ3n) is 5.19. The lowest BCUT2D eigenvalue weighted by atomic mass is 9.76. The van der Waals surface area contributed by atoms with Gasteiger partial charge in [-0.3, -0.25) is 10.1 Å². The molecule has 0 spiro atoms. The maximum absolute atomic E-state index is 11.6. The third-order valence-corrected chi connectivity index (χ3v) is 5.19. The van der Waals surface area contributed by atoms with E-state index >= 15 is 0 Å². The molecule has 1 aliphatic carbocycles. The maximum Gasteiger partial charge on any atom is 0.274 e. The van der Waals surface area contributed by atoms with E-state index in [1.54, 1.807) is 12.1 Å². The molecule has 1 aliphatic heterocycles. The monoisotopic (exact) mass is 350 g/mol. The summed E-state index contributed by atoms with van der Waals surface area (Å²) in [4.78, 5) is 11.3. The summed E-state index contributed by atoms with van der Waals surface area (Å²) in [6.07, 6.45) is 5.38. The van der Waals surface area contributed by atoms with Gasteiger partial charge in [-0.2, -0.15) is 0 Å². The molecule has 2 aromatic rings. The van der Waals surface area contributed by atoms with Gasteiger partial charge in [0.05, 0.1) is 28.3 Å². The van der Waals surface area contributed by atoms with Crippen molar-refractivity contribution in [3.8, 4) is 5.75 Å². The highest BCUT2D eigenvalue weighted by Crippen LogP contribution is 2.53. The van der Waals surface area contributed by atoms with Crippen LogP contribution >= 0.6 is 0 Å². The first kappa shape index (κ1) is 16.6. The zero-order valence-corrected chi connectivity index (χ0v) is 14.9. The molecule has 4 rings (SSSR count). The van der Waals surface area contributed by atoms with Crippen molar-refractivity contribution >= 4 is 11.4 Å². The Hall–Kier alpha value is -2.82. The van der Waals surface area contributed by atoms with Gasteiger partial charge in [0.25, 0.3) is 5.69 Å². The number of hydrogen-bond acceptors (Lipinski definition) is 4. The van der Waals surface area contributed by atoms with Crippen LogP contribution in [-0.2, 0) is 0 Å². The van der Waals surface area contributed by atoms with Crippen molar-refractivity contribution in [3.05, 3.63) is 75.9 Å². The number of rotatable bonds is 4. The Bertz CT molecular complexity index is 875. The van der Waals surface area contributed by atoms with Crippen LogP contribution in [0.25, 0.3) is 0 Å². The summed E-state index contributed by atoms with van der Waals surface area (Å²) in [7, 11) is 0. The minimum absolute atomic E-state index is 0.0599. The van der Waals surface area contributed by atoms with E-state index in [9.17, 15) is 10.1 Å². The standard InChI is InChI=1S/C21H22N2O3/c1-13(2)26-19-12-6-10-16-14-8-5-9-15(14)20(22-21(16)19)17-7-3-4-11-18(17)23(24)25/h3-8,10-15,20,22H,9H2,1-2H3. The van der Waals surface area contributed by atoms with Gasteiger partial charge in [0.2, 0.25) is 0 Å². The molecule has 0 radical (unpaired) electrons. The summed E-state index contributed by atoms with van der Waals surface area (Å²) in [5, 5.41) is 15.1. The van der Waals surface area contributed by atoms with Crippen molar-refractivity contribution in [2.75, 3.05) is 5.32 Å². The van der Waals surface area contributed by atoms with E-state index in [-0.39, 0.29) is 34.6 Å². The van der Waals surface area contributed by atoms with Crippen LogP contribution in [-0.4, -0.2) is 11.0 Å². The summed E-state index contributed by atoms with van der Waals surface area (Å²) in [6, 6.07) is 13.0. The predicted molar refractivity (Wildman–Crippen MR) is 102 cm³/mol. The second kappa shape index (κ2) is 6.48. The van der Waals surface area contributed by atoms with Gasteiger partial charge in [0, 0.05) is 12.0 Å². The highest BCUT2D eigenvalue weighted by molar-refractivity contribution is 5.68. The Morgan fingerprint density at radius 2 is 1.92 bits per heavy atom. The molecule has 5 nitrogen and oxygen atoms in total. The van der Waals surface area contributed by atoms with E-state index in [1.165, 1.54) is 5.56 Å². The van der Waals surface area contributed by atoms with Crippen LogP contribution in [0.2, 0.25) is 0 Å². The molecule has 3 unspecified atom stereocenters. The first-order valence-corrected chi connectivity index (χ1v) is 9.02. The average molecular weight is 350 g/mol. The van der Waals surface area contributed by atoms with Gasteiger partial charge in [0.15, 0.2) is 0 Å². The fourth-order valence-electron chi connectivity index (χ4n) is 4.17. The SMILES string of the molecule is CC(C)Oc1cccc2c1NC(c1ccccc1[N+](=O)[O-])C1CC=CC21. The lowest BCUT2D eigenvalue weighted by Gasteiger charge is -2.38. The molecule has 0 aromatic heterocycles. The number of para-hydroxylation sites is 2. The molecule has 2 aromatic carbocycles. The van der Waals surface area contributed by atoms with E-state index in [0.717, 1.165) is 23.4 Å². The summed E-state index contributed by atoms with van der Waals surface area (Å²) in [6.45, 7) is 4.00. The molecular formula is C21H22N2O3. The van der Waals surface area contributed by atoms with Gasteiger partial charge in [-0.1, -0.05) is 42.5 Å². The fourth-order valence-corrected chi connectivity index (χ4v) is 4.17. The van der Waals surface area contributed by atoms with Crippen molar-refractivity contribution in [2.45, 2.75) is 38.3 Å². The maximum atomic E-state index is 11.6. The van der Waals surface area contributed by atoms with Crippen molar-refractivity contribution in [2.24, 2.45) is 5.92 Å². The zero-order valence-electron chi connectivity index (χ0n) is 14.9. The normalized spacial score (nSPS) is 23.3. The van der Waals surface area contributed by atoms with Crippen LogP contribution in [0.5, 0.6) is 5.75 Å².